The fourth-order valence-corrected chi connectivity index (χ4v) is 1.27. The molecule has 0 saturated carbocycles. The Labute approximate surface area is 108 Å². The quantitative estimate of drug-likeness (QED) is 0.775. The maximum Gasteiger partial charge on any atom is 0.376 e. The number of carbonyl (C=O) groups excluding carboxylic acids is 1. The second-order valence-electron chi connectivity index (χ2n) is 6.25. The summed E-state index contributed by atoms with van der Waals surface area (Å²) >= 11 is 0. The van der Waals surface area contributed by atoms with Crippen molar-refractivity contribution < 1.29 is 9.53 Å². The van der Waals surface area contributed by atoms with Gasteiger partial charge in [0.1, 0.15) is 11.4 Å². The van der Waals surface area contributed by atoms with Gasteiger partial charge in [0.2, 0.25) is 5.82 Å². The average Bonchev–Trinajstić information content (AvgIpc) is 2.12. The van der Waals surface area contributed by atoms with E-state index in [9.17, 15) is 4.79 Å². The molecule has 0 unspecified atom stereocenters. The molecule has 100 valence electrons. The molecule has 0 bridgehead atoms. The van der Waals surface area contributed by atoms with E-state index >= 15 is 0 Å². The molecular formula is C13H21N3O2. The highest BCUT2D eigenvalue weighted by atomic mass is 16.6. The summed E-state index contributed by atoms with van der Waals surface area (Å²) in [7, 11) is 0. The van der Waals surface area contributed by atoms with Crippen LogP contribution in [0.2, 0.25) is 0 Å². The Morgan fingerprint density at radius 1 is 1.17 bits per heavy atom. The summed E-state index contributed by atoms with van der Waals surface area (Å²) < 4.78 is 5.23. The lowest BCUT2D eigenvalue weighted by Gasteiger charge is -2.21. The van der Waals surface area contributed by atoms with Gasteiger partial charge in [-0.1, -0.05) is 20.8 Å². The molecule has 5 nitrogen and oxygen atoms in total. The number of hydrogen-bond acceptors (Lipinski definition) is 5. The van der Waals surface area contributed by atoms with Crippen LogP contribution in [-0.4, -0.2) is 21.5 Å². The van der Waals surface area contributed by atoms with Crippen molar-refractivity contribution in [3.05, 3.63) is 17.6 Å². The number of esters is 1. The minimum Gasteiger partial charge on any atom is -0.454 e. The zero-order valence-corrected chi connectivity index (χ0v) is 11.9. The number of ether oxygens (including phenoxy) is 1. The van der Waals surface area contributed by atoms with Crippen molar-refractivity contribution in [3.8, 4) is 0 Å². The van der Waals surface area contributed by atoms with Gasteiger partial charge in [-0.2, -0.15) is 0 Å². The zero-order valence-electron chi connectivity index (χ0n) is 11.9. The summed E-state index contributed by atoms with van der Waals surface area (Å²) in [4.78, 5) is 20.0. The molecule has 1 aromatic heterocycles. The van der Waals surface area contributed by atoms with Gasteiger partial charge in [0.05, 0.1) is 5.69 Å². The van der Waals surface area contributed by atoms with Crippen molar-refractivity contribution in [2.24, 2.45) is 0 Å². The number of rotatable bonds is 1. The van der Waals surface area contributed by atoms with Gasteiger partial charge >= 0.3 is 5.97 Å². The number of carbonyl (C=O) groups is 1. The molecule has 1 heterocycles. The molecule has 0 atom stereocenters. The van der Waals surface area contributed by atoms with Crippen LogP contribution >= 0.6 is 0 Å². The van der Waals surface area contributed by atoms with E-state index in [4.69, 9.17) is 10.5 Å². The second-order valence-corrected chi connectivity index (χ2v) is 6.25. The lowest BCUT2D eigenvalue weighted by atomic mass is 9.92. The van der Waals surface area contributed by atoms with Crippen LogP contribution < -0.4 is 5.73 Å². The molecule has 0 aromatic carbocycles. The molecule has 0 spiro atoms. The van der Waals surface area contributed by atoms with Crippen LogP contribution in [0.3, 0.4) is 0 Å². The van der Waals surface area contributed by atoms with Crippen LogP contribution in [-0.2, 0) is 10.2 Å². The second kappa shape index (κ2) is 4.55. The lowest BCUT2D eigenvalue weighted by molar-refractivity contribution is 0.00552. The van der Waals surface area contributed by atoms with Gasteiger partial charge < -0.3 is 10.5 Å². The van der Waals surface area contributed by atoms with Crippen molar-refractivity contribution in [1.82, 2.24) is 9.97 Å². The summed E-state index contributed by atoms with van der Waals surface area (Å²) in [5, 5.41) is 0. The third-order valence-corrected chi connectivity index (χ3v) is 2.10. The van der Waals surface area contributed by atoms with Crippen molar-refractivity contribution in [2.75, 3.05) is 5.73 Å². The van der Waals surface area contributed by atoms with Crippen LogP contribution in [0, 0.1) is 0 Å². The van der Waals surface area contributed by atoms with Gasteiger partial charge in [-0.15, -0.1) is 0 Å². The summed E-state index contributed by atoms with van der Waals surface area (Å²) in [6.45, 7) is 11.4. The molecule has 0 saturated heterocycles. The summed E-state index contributed by atoms with van der Waals surface area (Å²) in [5.41, 5.74) is 5.64. The molecule has 0 aliphatic heterocycles. The van der Waals surface area contributed by atoms with Crippen LogP contribution in [0.15, 0.2) is 6.07 Å². The highest BCUT2D eigenvalue weighted by Gasteiger charge is 2.23. The van der Waals surface area contributed by atoms with E-state index in [1.807, 2.05) is 20.8 Å². The van der Waals surface area contributed by atoms with Gasteiger partial charge in [0, 0.05) is 11.5 Å². The van der Waals surface area contributed by atoms with Crippen molar-refractivity contribution in [2.45, 2.75) is 52.6 Å². The molecule has 0 amide bonds. The number of nitrogens with two attached hydrogens (primary N) is 1. The van der Waals surface area contributed by atoms with E-state index in [0.717, 1.165) is 5.69 Å². The molecule has 0 aliphatic carbocycles. The van der Waals surface area contributed by atoms with Crippen molar-refractivity contribution >= 4 is 11.8 Å². The molecule has 0 fully saturated rings. The first-order valence-electron chi connectivity index (χ1n) is 5.87. The third-order valence-electron chi connectivity index (χ3n) is 2.10. The summed E-state index contributed by atoms with van der Waals surface area (Å²) in [6.07, 6.45) is 0. The molecule has 2 N–H and O–H groups in total. The first kappa shape index (κ1) is 14.4. The Morgan fingerprint density at radius 2 is 1.72 bits per heavy atom. The number of nitrogen functional groups attached to an aromatic ring is 1. The number of nitrogens with zero attached hydrogens (tertiary/aromatic N) is 2. The van der Waals surface area contributed by atoms with Gasteiger partial charge in [-0.3, -0.25) is 0 Å². The van der Waals surface area contributed by atoms with E-state index in [1.54, 1.807) is 26.8 Å². The summed E-state index contributed by atoms with van der Waals surface area (Å²) in [5.74, 6) is -0.272. The Bertz CT molecular complexity index is 456. The Hall–Kier alpha value is -1.65. The van der Waals surface area contributed by atoms with Gasteiger partial charge in [-0.05, 0) is 20.8 Å². The lowest BCUT2D eigenvalue weighted by Crippen LogP contribution is -2.26. The fraction of sp³-hybridized carbons (Fsp3) is 0.615. The summed E-state index contributed by atoms with van der Waals surface area (Å²) in [6, 6.07) is 1.67. The third kappa shape index (κ3) is 3.98. The highest BCUT2D eigenvalue weighted by molar-refractivity contribution is 5.85. The molecule has 5 heteroatoms. The van der Waals surface area contributed by atoms with Gasteiger partial charge in [0.25, 0.3) is 0 Å². The minimum absolute atomic E-state index is 0.00912. The number of hydrogen-bond donors (Lipinski definition) is 1. The molecule has 0 aliphatic rings. The fourth-order valence-electron chi connectivity index (χ4n) is 1.27. The molecule has 18 heavy (non-hydrogen) atoms. The average molecular weight is 251 g/mol. The van der Waals surface area contributed by atoms with Crippen molar-refractivity contribution in [3.63, 3.8) is 0 Å². The van der Waals surface area contributed by atoms with Crippen molar-refractivity contribution in [1.29, 1.82) is 0 Å². The van der Waals surface area contributed by atoms with E-state index in [1.165, 1.54) is 0 Å². The van der Waals surface area contributed by atoms with Crippen LogP contribution in [0.5, 0.6) is 0 Å². The Balaban J connectivity index is 3.11. The Kier molecular flexibility index (Phi) is 3.64. The van der Waals surface area contributed by atoms with E-state index in [-0.39, 0.29) is 17.1 Å². The maximum absolute atomic E-state index is 11.9. The first-order chi connectivity index (χ1) is 7.99. The number of anilines is 1. The molecule has 0 radical (unpaired) electrons. The SMILES string of the molecule is CC(C)(C)OC(=O)c1nc(N)cc(C(C)(C)C)n1. The molecule has 1 aromatic rings. The van der Waals surface area contributed by atoms with Crippen LogP contribution in [0.4, 0.5) is 5.82 Å². The maximum atomic E-state index is 11.9. The van der Waals surface area contributed by atoms with E-state index in [0.29, 0.717) is 0 Å². The minimum atomic E-state index is -0.576. The standard InChI is InChI=1S/C13H21N3O2/c1-12(2,3)8-7-9(14)16-10(15-8)11(17)18-13(4,5)6/h7H,1-6H3,(H2,14,15,16). The number of aromatic nitrogens is 2. The van der Waals surface area contributed by atoms with Gasteiger partial charge in [-0.25, -0.2) is 14.8 Å². The topological polar surface area (TPSA) is 78.1 Å². The Morgan fingerprint density at radius 3 is 2.17 bits per heavy atom. The smallest absolute Gasteiger partial charge is 0.376 e. The predicted molar refractivity (Wildman–Crippen MR) is 70.3 cm³/mol. The monoisotopic (exact) mass is 251 g/mol. The van der Waals surface area contributed by atoms with E-state index in [2.05, 4.69) is 9.97 Å². The largest absolute Gasteiger partial charge is 0.454 e. The zero-order chi connectivity index (χ0) is 14.1. The first-order valence-corrected chi connectivity index (χ1v) is 5.87. The van der Waals surface area contributed by atoms with Crippen LogP contribution in [0.25, 0.3) is 0 Å². The van der Waals surface area contributed by atoms with Crippen LogP contribution in [0.1, 0.15) is 57.9 Å². The predicted octanol–water partition coefficient (Wildman–Crippen LogP) is 2.31. The highest BCUT2D eigenvalue weighted by Crippen LogP contribution is 2.22. The normalized spacial score (nSPS) is 12.3. The van der Waals surface area contributed by atoms with E-state index < -0.39 is 11.6 Å². The molecular weight excluding hydrogens is 230 g/mol. The van der Waals surface area contributed by atoms with Gasteiger partial charge in [0.15, 0.2) is 0 Å². The molecule has 1 rings (SSSR count).